The van der Waals surface area contributed by atoms with E-state index in [0.717, 1.165) is 43.4 Å². The molecule has 51 heavy (non-hydrogen) atoms. The molecule has 1 unspecified atom stereocenters. The van der Waals surface area contributed by atoms with Crippen LogP contribution in [0.25, 0.3) is 0 Å². The fraction of sp³-hybridized carbons (Fsp3) is 0.703. The van der Waals surface area contributed by atoms with Crippen LogP contribution in [0, 0.1) is 0 Å². The van der Waals surface area contributed by atoms with Crippen LogP contribution >= 0.6 is 0 Å². The summed E-state index contributed by atoms with van der Waals surface area (Å²) in [6.07, 6.45) is 13.7. The number of amides is 5. The van der Waals surface area contributed by atoms with Gasteiger partial charge in [0.2, 0.25) is 21.8 Å². The molecule has 1 atom stereocenters. The number of nitrogens with zero attached hydrogens (tertiary/aromatic N) is 2. The minimum Gasteiger partial charge on any atom is -0.444 e. The maximum Gasteiger partial charge on any atom is 0.407 e. The van der Waals surface area contributed by atoms with E-state index in [1.165, 1.54) is 32.1 Å². The lowest BCUT2D eigenvalue weighted by Gasteiger charge is -2.32. The molecule has 0 saturated carbocycles. The van der Waals surface area contributed by atoms with Crippen LogP contribution in [0.15, 0.2) is 18.2 Å². The number of alkyl carbamates (subject to hydrolysis) is 1. The minimum absolute atomic E-state index is 0.0666. The first-order chi connectivity index (χ1) is 24.3. The van der Waals surface area contributed by atoms with Crippen LogP contribution in [-0.2, 0) is 24.3 Å². The number of unbranched alkanes of at least 4 members (excludes halogenated alkanes) is 11. The summed E-state index contributed by atoms with van der Waals surface area (Å²) in [5.74, 6) is -1.83. The van der Waals surface area contributed by atoms with E-state index in [2.05, 4.69) is 16.0 Å². The SMILES string of the molecule is CC(C)(C)OC(=O)NC1CCN(S(=O)(=O)CCCCCCCCCCCCCCNc2cccc3c2C(=O)N(C2CCC(=O)NC2=O)C3=O)CC1. The Morgan fingerprint density at radius 3 is 2.02 bits per heavy atom. The molecule has 13 nitrogen and oxygen atoms in total. The average molecular weight is 732 g/mol. The van der Waals surface area contributed by atoms with Gasteiger partial charge in [-0.3, -0.25) is 29.4 Å². The number of rotatable bonds is 19. The summed E-state index contributed by atoms with van der Waals surface area (Å²) >= 11 is 0. The number of piperidine rings is 2. The van der Waals surface area contributed by atoms with Crippen LogP contribution in [0.1, 0.15) is 144 Å². The molecule has 2 fully saturated rings. The smallest absolute Gasteiger partial charge is 0.407 e. The number of hydrogen-bond donors (Lipinski definition) is 3. The van der Waals surface area contributed by atoms with Crippen LogP contribution in [-0.4, -0.2) is 90.4 Å². The van der Waals surface area contributed by atoms with Gasteiger partial charge in [-0.2, -0.15) is 0 Å². The highest BCUT2D eigenvalue weighted by molar-refractivity contribution is 7.89. The van der Waals surface area contributed by atoms with E-state index in [1.807, 2.05) is 20.8 Å². The van der Waals surface area contributed by atoms with Crippen molar-refractivity contribution in [3.63, 3.8) is 0 Å². The predicted octanol–water partition coefficient (Wildman–Crippen LogP) is 5.50. The molecule has 14 heteroatoms. The Morgan fingerprint density at radius 1 is 0.843 bits per heavy atom. The maximum atomic E-state index is 13.2. The second-order valence-electron chi connectivity index (χ2n) is 15.0. The lowest BCUT2D eigenvalue weighted by Crippen LogP contribution is -2.54. The van der Waals surface area contributed by atoms with Crippen molar-refractivity contribution in [2.45, 2.75) is 141 Å². The van der Waals surface area contributed by atoms with Gasteiger partial charge < -0.3 is 15.4 Å². The van der Waals surface area contributed by atoms with E-state index >= 15 is 0 Å². The van der Waals surface area contributed by atoms with Gasteiger partial charge in [0, 0.05) is 37.8 Å². The number of hydrogen-bond acceptors (Lipinski definition) is 9. The largest absolute Gasteiger partial charge is 0.444 e. The third-order valence-electron chi connectivity index (χ3n) is 9.68. The Bertz CT molecular complexity index is 1500. The van der Waals surface area contributed by atoms with Crippen molar-refractivity contribution in [1.29, 1.82) is 0 Å². The van der Waals surface area contributed by atoms with E-state index in [4.69, 9.17) is 4.74 Å². The lowest BCUT2D eigenvalue weighted by molar-refractivity contribution is -0.136. The van der Waals surface area contributed by atoms with Crippen molar-refractivity contribution in [1.82, 2.24) is 19.8 Å². The number of imide groups is 2. The molecule has 2 saturated heterocycles. The summed E-state index contributed by atoms with van der Waals surface area (Å²) in [6.45, 7) is 6.96. The minimum atomic E-state index is -3.27. The molecule has 1 aromatic carbocycles. The fourth-order valence-corrected chi connectivity index (χ4v) is 8.54. The number of nitrogens with one attached hydrogen (secondary N) is 3. The van der Waals surface area contributed by atoms with E-state index < -0.39 is 51.4 Å². The van der Waals surface area contributed by atoms with Crippen molar-refractivity contribution >= 4 is 45.4 Å². The molecule has 3 aliphatic rings. The number of carbonyl (C=O) groups is 5. The fourth-order valence-electron chi connectivity index (χ4n) is 6.94. The van der Waals surface area contributed by atoms with Crippen molar-refractivity contribution < 1.29 is 37.1 Å². The zero-order valence-electron chi connectivity index (χ0n) is 30.6. The van der Waals surface area contributed by atoms with E-state index in [-0.39, 0.29) is 30.2 Å². The molecule has 0 radical (unpaired) electrons. The van der Waals surface area contributed by atoms with Crippen molar-refractivity contribution in [3.8, 4) is 0 Å². The van der Waals surface area contributed by atoms with E-state index in [9.17, 15) is 32.4 Å². The number of carbonyl (C=O) groups excluding carboxylic acids is 5. The van der Waals surface area contributed by atoms with Gasteiger partial charge in [-0.15, -0.1) is 0 Å². The number of ether oxygens (including phenoxy) is 1. The number of sulfonamides is 1. The summed E-state index contributed by atoms with van der Waals surface area (Å²) < 4.78 is 32.5. The molecule has 1 aromatic rings. The maximum absolute atomic E-state index is 13.2. The third kappa shape index (κ3) is 12.0. The van der Waals surface area contributed by atoms with Gasteiger partial charge in [-0.1, -0.05) is 70.3 Å². The Hall–Kier alpha value is -3.52. The van der Waals surface area contributed by atoms with Crippen LogP contribution in [0.4, 0.5) is 10.5 Å². The van der Waals surface area contributed by atoms with Crippen molar-refractivity contribution in [2.24, 2.45) is 0 Å². The molecule has 284 valence electrons. The zero-order chi connectivity index (χ0) is 37.0. The molecule has 0 aliphatic carbocycles. The average Bonchev–Trinajstić information content (AvgIpc) is 3.31. The van der Waals surface area contributed by atoms with Gasteiger partial charge in [0.1, 0.15) is 11.6 Å². The first-order valence-electron chi connectivity index (χ1n) is 18.8. The molecular weight excluding hydrogens is 675 g/mol. The van der Waals surface area contributed by atoms with Gasteiger partial charge in [0.25, 0.3) is 11.8 Å². The highest BCUT2D eigenvalue weighted by Crippen LogP contribution is 2.32. The Kier molecular flexibility index (Phi) is 14.9. The number of fused-ring (bicyclic) bond motifs is 1. The summed E-state index contributed by atoms with van der Waals surface area (Å²) in [5, 5.41) is 8.38. The lowest BCUT2D eigenvalue weighted by atomic mass is 10.0. The molecule has 3 N–H and O–H groups in total. The van der Waals surface area contributed by atoms with Gasteiger partial charge >= 0.3 is 6.09 Å². The van der Waals surface area contributed by atoms with Crippen LogP contribution in [0.3, 0.4) is 0 Å². The van der Waals surface area contributed by atoms with Gasteiger partial charge in [-0.25, -0.2) is 17.5 Å². The van der Waals surface area contributed by atoms with E-state index in [1.54, 1.807) is 22.5 Å². The van der Waals surface area contributed by atoms with Crippen molar-refractivity contribution in [3.05, 3.63) is 29.3 Å². The number of anilines is 1. The molecule has 0 spiro atoms. The second kappa shape index (κ2) is 18.8. The Morgan fingerprint density at radius 2 is 1.43 bits per heavy atom. The number of benzene rings is 1. The highest BCUT2D eigenvalue weighted by Gasteiger charge is 2.45. The summed E-state index contributed by atoms with van der Waals surface area (Å²) in [5.41, 5.74) is 0.601. The Labute approximate surface area is 303 Å². The second-order valence-corrected chi connectivity index (χ2v) is 17.1. The molecule has 4 rings (SSSR count). The quantitative estimate of drug-likeness (QED) is 0.123. The van der Waals surface area contributed by atoms with Crippen LogP contribution < -0.4 is 16.0 Å². The first-order valence-corrected chi connectivity index (χ1v) is 20.4. The zero-order valence-corrected chi connectivity index (χ0v) is 31.4. The van der Waals surface area contributed by atoms with Gasteiger partial charge in [0.05, 0.1) is 16.9 Å². The Balaban J connectivity index is 0.984. The van der Waals surface area contributed by atoms with E-state index in [0.29, 0.717) is 50.1 Å². The molecule has 3 aliphatic heterocycles. The third-order valence-corrected chi connectivity index (χ3v) is 11.6. The standard InChI is InChI=1S/C37H57N5O8S/c1-37(2,3)50-36(47)39-27-21-24-41(25-22-27)51(48,49)26-15-13-11-9-7-5-4-6-8-10-12-14-23-38-29-18-16-17-28-32(29)35(46)42(34(28)45)30-19-20-31(43)40-33(30)44/h16-18,27,30,38H,4-15,19-26H2,1-3H3,(H,39,47)(H,40,43,44). The highest BCUT2D eigenvalue weighted by atomic mass is 32.2. The summed E-state index contributed by atoms with van der Waals surface area (Å²) in [4.78, 5) is 63.1. The summed E-state index contributed by atoms with van der Waals surface area (Å²) in [7, 11) is -3.27. The van der Waals surface area contributed by atoms with Crippen LogP contribution in [0.5, 0.6) is 0 Å². The summed E-state index contributed by atoms with van der Waals surface area (Å²) in [6, 6.07) is 4.07. The normalized spacial score (nSPS) is 18.9. The molecule has 5 amide bonds. The van der Waals surface area contributed by atoms with Crippen molar-refractivity contribution in [2.75, 3.05) is 30.7 Å². The topological polar surface area (TPSA) is 171 Å². The van der Waals surface area contributed by atoms with Crippen LogP contribution in [0.2, 0.25) is 0 Å². The first kappa shape index (κ1) is 40.3. The van der Waals surface area contributed by atoms with Gasteiger partial charge in [0.15, 0.2) is 0 Å². The monoisotopic (exact) mass is 731 g/mol. The molecular formula is C37H57N5O8S. The predicted molar refractivity (Wildman–Crippen MR) is 195 cm³/mol. The molecule has 3 heterocycles. The molecule has 0 aromatic heterocycles. The molecule has 0 bridgehead atoms. The van der Waals surface area contributed by atoms with Gasteiger partial charge in [-0.05, 0) is 65.0 Å².